The number of carbonyl (C=O) groups excluding carboxylic acids is 2. The molecule has 0 saturated carbocycles. The predicted molar refractivity (Wildman–Crippen MR) is 172 cm³/mol. The van der Waals surface area contributed by atoms with Crippen LogP contribution in [-0.2, 0) is 19.1 Å². The van der Waals surface area contributed by atoms with E-state index in [1.165, 1.54) is 69.6 Å². The standard InChI is InChI=1S/C21H35O4Si.3C4H9.Sn/c1-15(2)17-11-10-16(3)18(14-17)21(19(22)24-4,20(23)25-5)12-9-13-26(6,7)8;3*1-3-4-2;/h10,13,15,17-18H,11-12,14H2,1-8H3;3*1,3-4H2,2H3;/t17-,18+;;;;/m1..../s1. The van der Waals surface area contributed by atoms with Crippen LogP contribution in [0.3, 0.4) is 0 Å². The second kappa shape index (κ2) is 16.8. The van der Waals surface area contributed by atoms with E-state index in [0.29, 0.717) is 18.3 Å². The second-order valence-electron chi connectivity index (χ2n) is 13.7. The topological polar surface area (TPSA) is 52.6 Å². The second-order valence-corrected chi connectivity index (χ2v) is 32.2. The van der Waals surface area contributed by atoms with Crippen LogP contribution in [0, 0.1) is 23.2 Å². The molecule has 39 heavy (non-hydrogen) atoms. The molecule has 0 N–H and O–H groups in total. The van der Waals surface area contributed by atoms with E-state index in [1.807, 2.05) is 0 Å². The van der Waals surface area contributed by atoms with Crippen molar-refractivity contribution in [2.24, 2.45) is 23.2 Å². The Kier molecular flexibility index (Phi) is 15.7. The fourth-order valence-electron chi connectivity index (χ4n) is 6.82. The molecular weight excluding hydrogens is 607 g/mol. The van der Waals surface area contributed by atoms with Crippen molar-refractivity contribution in [1.82, 2.24) is 0 Å². The van der Waals surface area contributed by atoms with E-state index >= 15 is 0 Å². The van der Waals surface area contributed by atoms with Gasteiger partial charge in [0.1, 0.15) is 0 Å². The van der Waals surface area contributed by atoms with Crippen molar-refractivity contribution in [2.75, 3.05) is 14.2 Å². The molecule has 0 saturated heterocycles. The summed E-state index contributed by atoms with van der Waals surface area (Å²) >= 11 is -3.00. The van der Waals surface area contributed by atoms with Crippen LogP contribution < -0.4 is 0 Å². The van der Waals surface area contributed by atoms with Crippen LogP contribution in [0.1, 0.15) is 99.3 Å². The molecule has 0 fully saturated rings. The minimum atomic E-state index is -3.00. The first-order valence-corrected chi connectivity index (χ1v) is 26.9. The molecule has 0 aromatic carbocycles. The predicted octanol–water partition coefficient (Wildman–Crippen LogP) is 9.53. The van der Waals surface area contributed by atoms with Crippen LogP contribution in [-0.4, -0.2) is 52.6 Å². The third-order valence-corrected chi connectivity index (χ3v) is 27.3. The van der Waals surface area contributed by atoms with Crippen LogP contribution in [0.4, 0.5) is 0 Å². The third-order valence-electron chi connectivity index (χ3n) is 9.25. The van der Waals surface area contributed by atoms with Gasteiger partial charge in [0.15, 0.2) is 0 Å². The van der Waals surface area contributed by atoms with Gasteiger partial charge in [0.2, 0.25) is 0 Å². The zero-order chi connectivity index (χ0) is 29.9. The number of hydrogen-bond acceptors (Lipinski definition) is 4. The minimum absolute atomic E-state index is 0.198. The van der Waals surface area contributed by atoms with E-state index in [1.54, 1.807) is 0 Å². The zero-order valence-electron chi connectivity index (χ0n) is 27.5. The maximum absolute atomic E-state index is 14.1. The summed E-state index contributed by atoms with van der Waals surface area (Å²) in [5.74, 6) is -0.0838. The number of hydrogen-bond donors (Lipinski definition) is 0. The molecule has 6 heteroatoms. The average molecular weight is 670 g/mol. The Hall–Kier alpha value is -0.564. The van der Waals surface area contributed by atoms with Gasteiger partial charge in [-0.05, 0) is 0 Å². The molecule has 0 aliphatic heterocycles. The van der Waals surface area contributed by atoms with Crippen LogP contribution in [0.25, 0.3) is 0 Å². The number of methoxy groups -OCH3 is 2. The Morgan fingerprint density at radius 2 is 1.44 bits per heavy atom. The summed E-state index contributed by atoms with van der Waals surface area (Å²) in [6.45, 7) is 20.7. The van der Waals surface area contributed by atoms with Crippen molar-refractivity contribution in [1.29, 1.82) is 0 Å². The van der Waals surface area contributed by atoms with Gasteiger partial charge in [0, 0.05) is 0 Å². The molecule has 0 aromatic rings. The Balaban J connectivity index is 4.02. The molecule has 4 nitrogen and oxygen atoms in total. The van der Waals surface area contributed by atoms with Gasteiger partial charge >= 0.3 is 248 Å². The normalized spacial score (nSPS) is 19.2. The van der Waals surface area contributed by atoms with Gasteiger partial charge in [-0.1, -0.05) is 0 Å². The number of carbonyl (C=O) groups is 2. The Morgan fingerprint density at radius 1 is 0.974 bits per heavy atom. The molecule has 0 aromatic heterocycles. The van der Waals surface area contributed by atoms with Crippen molar-refractivity contribution in [2.45, 2.75) is 132 Å². The summed E-state index contributed by atoms with van der Waals surface area (Å²) < 4.78 is 16.6. The summed E-state index contributed by atoms with van der Waals surface area (Å²) in [6.07, 6.45) is 11.9. The van der Waals surface area contributed by atoms with E-state index in [4.69, 9.17) is 9.47 Å². The molecule has 1 aliphatic rings. The summed E-state index contributed by atoms with van der Waals surface area (Å²) in [5.41, 5.74) is 2.45. The molecule has 0 unspecified atom stereocenters. The maximum atomic E-state index is 14.1. The van der Waals surface area contributed by atoms with Crippen LogP contribution >= 0.6 is 0 Å². The summed E-state index contributed by atoms with van der Waals surface area (Å²) in [6, 6.07) is 0. The van der Waals surface area contributed by atoms with Crippen molar-refractivity contribution < 1.29 is 19.1 Å². The molecule has 0 heterocycles. The first-order valence-electron chi connectivity index (χ1n) is 15.8. The van der Waals surface area contributed by atoms with Gasteiger partial charge in [-0.15, -0.1) is 0 Å². The number of allylic oxidation sites excluding steroid dienone is 3. The third kappa shape index (κ3) is 9.75. The number of ether oxygens (including phenoxy) is 2. The fraction of sp³-hybridized carbons (Fsp3) is 0.818. The van der Waals surface area contributed by atoms with Gasteiger partial charge in [-0.2, -0.15) is 0 Å². The quantitative estimate of drug-likeness (QED) is 0.0670. The van der Waals surface area contributed by atoms with Crippen molar-refractivity contribution >= 4 is 38.4 Å². The Labute approximate surface area is 247 Å². The molecular formula is C33H62O4SiSn. The SMILES string of the molecule is CCC[CH2][Sn]([CH2]CCC)([CH2]CCC)/[C](=C\[Si](C)(C)C)CC(C(=O)OC)(C(=O)OC)[C@H]1C[C@H](C(C)C)CC=C1C. The molecule has 0 bridgehead atoms. The van der Waals surface area contributed by atoms with Gasteiger partial charge in [0.05, 0.1) is 0 Å². The zero-order valence-corrected chi connectivity index (χ0v) is 31.4. The van der Waals surface area contributed by atoms with Crippen LogP contribution in [0.2, 0.25) is 33.0 Å². The molecule has 1 aliphatic carbocycles. The van der Waals surface area contributed by atoms with E-state index in [9.17, 15) is 9.59 Å². The molecule has 0 spiro atoms. The van der Waals surface area contributed by atoms with Gasteiger partial charge in [0.25, 0.3) is 0 Å². The van der Waals surface area contributed by atoms with Crippen molar-refractivity contribution in [3.8, 4) is 0 Å². The molecule has 1 rings (SSSR count). The Bertz CT molecular complexity index is 801. The first-order chi connectivity index (χ1) is 18.3. The summed E-state index contributed by atoms with van der Waals surface area (Å²) in [7, 11) is 1.24. The molecule has 2 atom stereocenters. The number of rotatable bonds is 17. The molecule has 226 valence electrons. The van der Waals surface area contributed by atoms with E-state index in [0.717, 1.165) is 18.4 Å². The molecule has 0 radical (unpaired) electrons. The van der Waals surface area contributed by atoms with Gasteiger partial charge in [-0.25, -0.2) is 0 Å². The first kappa shape index (κ1) is 36.5. The summed E-state index contributed by atoms with van der Waals surface area (Å²) in [5, 5.41) is 0. The van der Waals surface area contributed by atoms with Gasteiger partial charge < -0.3 is 0 Å². The monoisotopic (exact) mass is 670 g/mol. The summed E-state index contributed by atoms with van der Waals surface area (Å²) in [4.78, 5) is 28.2. The molecule has 0 amide bonds. The average Bonchev–Trinajstić information content (AvgIpc) is 2.89. The van der Waals surface area contributed by atoms with E-state index in [-0.39, 0.29) is 5.92 Å². The van der Waals surface area contributed by atoms with Crippen molar-refractivity contribution in [3.63, 3.8) is 0 Å². The van der Waals surface area contributed by atoms with E-state index in [2.05, 4.69) is 73.0 Å². The van der Waals surface area contributed by atoms with Crippen molar-refractivity contribution in [3.05, 3.63) is 20.9 Å². The van der Waals surface area contributed by atoms with Gasteiger partial charge in [-0.3, -0.25) is 0 Å². The van der Waals surface area contributed by atoms with E-state index < -0.39 is 43.8 Å². The van der Waals surface area contributed by atoms with Crippen LogP contribution in [0.15, 0.2) is 20.9 Å². The number of esters is 2. The Morgan fingerprint density at radius 3 is 1.79 bits per heavy atom. The fourth-order valence-corrected chi connectivity index (χ4v) is 30.2. The number of unbranched alkanes of at least 4 members (excludes halogenated alkanes) is 3. The van der Waals surface area contributed by atoms with Crippen LogP contribution in [0.5, 0.6) is 0 Å².